The minimum Gasteiger partial charge on any atom is -0.316 e. The van der Waals surface area contributed by atoms with E-state index in [0.29, 0.717) is 16.7 Å². The topological polar surface area (TPSA) is 57.8 Å². The van der Waals surface area contributed by atoms with Crippen molar-refractivity contribution in [3.8, 4) is 0 Å². The molecule has 0 saturated carbocycles. The Labute approximate surface area is 114 Å². The van der Waals surface area contributed by atoms with Crippen LogP contribution >= 0.6 is 23.4 Å². The van der Waals surface area contributed by atoms with Crippen molar-refractivity contribution in [2.45, 2.75) is 16.6 Å². The van der Waals surface area contributed by atoms with E-state index < -0.39 is 0 Å². The zero-order valence-corrected chi connectivity index (χ0v) is 11.3. The van der Waals surface area contributed by atoms with Gasteiger partial charge >= 0.3 is 0 Å². The molecule has 94 valence electrons. The molecule has 0 aliphatic heterocycles. The molecule has 0 unspecified atom stereocenters. The third-order valence-corrected chi connectivity index (χ3v) is 3.78. The maximum absolute atomic E-state index is 11.2. The number of aromatic nitrogens is 2. The standard InChI is InChI=1S/C12H12ClN3OS/c1-14-7-8-3-2-4-9(13)11(8)18-12-15-6-5-10(17)16-12/h2-6,14H,7H2,1H3,(H,15,16,17). The van der Waals surface area contributed by atoms with E-state index in [1.807, 2.05) is 25.2 Å². The Hall–Kier alpha value is -1.30. The van der Waals surface area contributed by atoms with Crippen LogP contribution in [0.4, 0.5) is 0 Å². The average molecular weight is 282 g/mol. The molecule has 2 rings (SSSR count). The lowest BCUT2D eigenvalue weighted by Crippen LogP contribution is -2.08. The molecule has 0 aliphatic rings. The van der Waals surface area contributed by atoms with Gasteiger partial charge in [0.15, 0.2) is 5.16 Å². The highest BCUT2D eigenvalue weighted by Gasteiger charge is 2.09. The van der Waals surface area contributed by atoms with Gasteiger partial charge in [-0.25, -0.2) is 4.98 Å². The predicted octanol–water partition coefficient (Wildman–Crippen LogP) is 2.29. The highest BCUT2D eigenvalue weighted by atomic mass is 35.5. The van der Waals surface area contributed by atoms with E-state index in [9.17, 15) is 4.79 Å². The molecular formula is C12H12ClN3OS. The van der Waals surface area contributed by atoms with Gasteiger partial charge in [0.1, 0.15) is 0 Å². The molecule has 0 spiro atoms. The summed E-state index contributed by atoms with van der Waals surface area (Å²) in [6.07, 6.45) is 1.48. The number of nitrogens with zero attached hydrogens (tertiary/aromatic N) is 1. The van der Waals surface area contributed by atoms with E-state index >= 15 is 0 Å². The normalized spacial score (nSPS) is 10.6. The number of hydrogen-bond acceptors (Lipinski definition) is 4. The lowest BCUT2D eigenvalue weighted by Gasteiger charge is -2.09. The molecule has 1 aromatic heterocycles. The fourth-order valence-corrected chi connectivity index (χ4v) is 2.70. The van der Waals surface area contributed by atoms with Crippen molar-refractivity contribution < 1.29 is 0 Å². The number of benzene rings is 1. The summed E-state index contributed by atoms with van der Waals surface area (Å²) in [6.45, 7) is 0.708. The first-order chi connectivity index (χ1) is 8.70. The number of H-pyrrole nitrogens is 1. The molecule has 0 aliphatic carbocycles. The van der Waals surface area contributed by atoms with Gasteiger partial charge in [-0.3, -0.25) is 4.79 Å². The SMILES string of the molecule is CNCc1cccc(Cl)c1Sc1nccc(=O)[nH]1. The number of hydrogen-bond donors (Lipinski definition) is 2. The second-order valence-corrected chi connectivity index (χ2v) is 5.01. The van der Waals surface area contributed by atoms with Gasteiger partial charge < -0.3 is 10.3 Å². The lowest BCUT2D eigenvalue weighted by atomic mass is 10.2. The summed E-state index contributed by atoms with van der Waals surface area (Å²) in [5, 5.41) is 4.27. The summed E-state index contributed by atoms with van der Waals surface area (Å²) in [5.74, 6) is 0. The van der Waals surface area contributed by atoms with Crippen molar-refractivity contribution >= 4 is 23.4 Å². The number of halogens is 1. The molecule has 0 fully saturated rings. The maximum atomic E-state index is 11.2. The fraction of sp³-hybridized carbons (Fsp3) is 0.167. The van der Waals surface area contributed by atoms with Crippen LogP contribution in [0.25, 0.3) is 0 Å². The summed E-state index contributed by atoms with van der Waals surface area (Å²) in [7, 11) is 1.87. The van der Waals surface area contributed by atoms with Crippen LogP contribution in [0.1, 0.15) is 5.56 Å². The van der Waals surface area contributed by atoms with Crippen LogP contribution in [-0.2, 0) is 6.54 Å². The molecule has 2 aromatic rings. The van der Waals surface area contributed by atoms with Crippen LogP contribution in [-0.4, -0.2) is 17.0 Å². The van der Waals surface area contributed by atoms with Crippen LogP contribution < -0.4 is 10.9 Å². The Morgan fingerprint density at radius 1 is 1.44 bits per heavy atom. The van der Waals surface area contributed by atoms with Crippen LogP contribution in [0.15, 0.2) is 45.3 Å². The zero-order chi connectivity index (χ0) is 13.0. The fourth-order valence-electron chi connectivity index (χ4n) is 1.50. The largest absolute Gasteiger partial charge is 0.316 e. The number of nitrogens with one attached hydrogen (secondary N) is 2. The van der Waals surface area contributed by atoms with E-state index in [4.69, 9.17) is 11.6 Å². The first-order valence-corrected chi connectivity index (χ1v) is 6.55. The summed E-state index contributed by atoms with van der Waals surface area (Å²) in [4.78, 5) is 18.9. The van der Waals surface area contributed by atoms with Crippen LogP contribution in [0.3, 0.4) is 0 Å². The van der Waals surface area contributed by atoms with E-state index in [1.165, 1.54) is 24.0 Å². The number of rotatable bonds is 4. The second kappa shape index (κ2) is 6.04. The van der Waals surface area contributed by atoms with E-state index in [0.717, 1.165) is 10.5 Å². The van der Waals surface area contributed by atoms with Crippen molar-refractivity contribution in [3.63, 3.8) is 0 Å². The molecule has 0 bridgehead atoms. The molecule has 2 N–H and O–H groups in total. The molecule has 0 saturated heterocycles. The molecule has 4 nitrogen and oxygen atoms in total. The van der Waals surface area contributed by atoms with Crippen molar-refractivity contribution in [2.24, 2.45) is 0 Å². The molecule has 0 radical (unpaired) electrons. The minimum absolute atomic E-state index is 0.172. The molecule has 1 aromatic carbocycles. The average Bonchev–Trinajstić information content (AvgIpc) is 2.34. The molecular weight excluding hydrogens is 270 g/mol. The Morgan fingerprint density at radius 3 is 3.00 bits per heavy atom. The molecule has 18 heavy (non-hydrogen) atoms. The van der Waals surface area contributed by atoms with Crippen LogP contribution in [0.5, 0.6) is 0 Å². The highest BCUT2D eigenvalue weighted by molar-refractivity contribution is 7.99. The van der Waals surface area contributed by atoms with Crippen molar-refractivity contribution in [2.75, 3.05) is 7.05 Å². The van der Waals surface area contributed by atoms with E-state index in [1.54, 1.807) is 0 Å². The molecule has 0 atom stereocenters. The zero-order valence-electron chi connectivity index (χ0n) is 9.74. The summed E-state index contributed by atoms with van der Waals surface area (Å²) >= 11 is 7.54. The van der Waals surface area contributed by atoms with Gasteiger partial charge in [-0.05, 0) is 30.4 Å². The Bertz CT molecular complexity index is 600. The first kappa shape index (κ1) is 13.1. The van der Waals surface area contributed by atoms with Gasteiger partial charge in [-0.1, -0.05) is 23.7 Å². The minimum atomic E-state index is -0.172. The smallest absolute Gasteiger partial charge is 0.251 e. The van der Waals surface area contributed by atoms with Gasteiger partial charge in [0.25, 0.3) is 5.56 Å². The van der Waals surface area contributed by atoms with Crippen molar-refractivity contribution in [1.82, 2.24) is 15.3 Å². The summed E-state index contributed by atoms with van der Waals surface area (Å²) < 4.78 is 0. The van der Waals surface area contributed by atoms with Gasteiger partial charge in [0.05, 0.1) is 5.02 Å². The predicted molar refractivity (Wildman–Crippen MR) is 73.2 cm³/mol. The van der Waals surface area contributed by atoms with Gasteiger partial charge in [0, 0.05) is 23.7 Å². The molecule has 6 heteroatoms. The highest BCUT2D eigenvalue weighted by Crippen LogP contribution is 2.33. The lowest BCUT2D eigenvalue weighted by molar-refractivity contribution is 0.802. The van der Waals surface area contributed by atoms with Crippen molar-refractivity contribution in [1.29, 1.82) is 0 Å². The number of aromatic amines is 1. The van der Waals surface area contributed by atoms with Crippen molar-refractivity contribution in [3.05, 3.63) is 51.4 Å². The Morgan fingerprint density at radius 2 is 2.28 bits per heavy atom. The maximum Gasteiger partial charge on any atom is 0.251 e. The third-order valence-electron chi connectivity index (χ3n) is 2.26. The monoisotopic (exact) mass is 281 g/mol. The van der Waals surface area contributed by atoms with Crippen LogP contribution in [0.2, 0.25) is 5.02 Å². The summed E-state index contributed by atoms with van der Waals surface area (Å²) in [6, 6.07) is 7.10. The molecule has 0 amide bonds. The van der Waals surface area contributed by atoms with Crippen LogP contribution in [0, 0.1) is 0 Å². The summed E-state index contributed by atoms with van der Waals surface area (Å²) in [5.41, 5.74) is 0.899. The third kappa shape index (κ3) is 3.13. The van der Waals surface area contributed by atoms with E-state index in [2.05, 4.69) is 15.3 Å². The second-order valence-electron chi connectivity index (χ2n) is 3.60. The first-order valence-electron chi connectivity index (χ1n) is 5.36. The Kier molecular flexibility index (Phi) is 4.41. The molecule has 1 heterocycles. The van der Waals surface area contributed by atoms with E-state index in [-0.39, 0.29) is 5.56 Å². The Balaban J connectivity index is 2.36. The van der Waals surface area contributed by atoms with Gasteiger partial charge in [-0.2, -0.15) is 0 Å². The quantitative estimate of drug-likeness (QED) is 0.845. The van der Waals surface area contributed by atoms with Gasteiger partial charge in [-0.15, -0.1) is 0 Å². The van der Waals surface area contributed by atoms with Gasteiger partial charge in [0.2, 0.25) is 0 Å².